The van der Waals surface area contributed by atoms with Crippen molar-refractivity contribution in [1.29, 1.82) is 0 Å². The molecule has 0 unspecified atom stereocenters. The van der Waals surface area contributed by atoms with Crippen molar-refractivity contribution in [2.75, 3.05) is 5.32 Å². The minimum Gasteiger partial charge on any atom is -0.304 e. The van der Waals surface area contributed by atoms with Gasteiger partial charge in [-0.1, -0.05) is 11.6 Å². The largest absolute Gasteiger partial charge is 0.304 e. The maximum Gasteiger partial charge on any atom is 0.275 e. The highest BCUT2D eigenvalue weighted by atomic mass is 35.5. The van der Waals surface area contributed by atoms with Gasteiger partial charge in [0.05, 0.1) is 0 Å². The molecule has 0 fully saturated rings. The topological polar surface area (TPSA) is 72.7 Å². The second-order valence-corrected chi connectivity index (χ2v) is 3.84. The van der Waals surface area contributed by atoms with Gasteiger partial charge in [-0.05, 0) is 6.92 Å². The van der Waals surface area contributed by atoms with E-state index in [-0.39, 0.29) is 16.8 Å². The van der Waals surface area contributed by atoms with E-state index in [0.717, 1.165) is 0 Å². The molecule has 0 aliphatic heterocycles. The number of carbonyl (C=O) groups is 1. The van der Waals surface area contributed by atoms with Crippen molar-refractivity contribution in [3.8, 4) is 0 Å². The van der Waals surface area contributed by atoms with E-state index >= 15 is 0 Å². The zero-order chi connectivity index (χ0) is 12.4. The lowest BCUT2D eigenvalue weighted by molar-refractivity contribution is 0.102. The average Bonchev–Trinajstić information content (AvgIpc) is 2.62. The third-order valence-electron chi connectivity index (χ3n) is 1.99. The predicted molar refractivity (Wildman–Crippen MR) is 62.9 cm³/mol. The van der Waals surface area contributed by atoms with Crippen LogP contribution in [0.3, 0.4) is 0 Å². The lowest BCUT2D eigenvalue weighted by Crippen LogP contribution is -2.15. The van der Waals surface area contributed by atoms with E-state index in [1.165, 1.54) is 6.07 Å². The van der Waals surface area contributed by atoms with Crippen LogP contribution in [0.2, 0.25) is 5.15 Å². The Morgan fingerprint density at radius 2 is 2.24 bits per heavy atom. The Labute approximate surface area is 103 Å². The van der Waals surface area contributed by atoms with Crippen LogP contribution in [-0.2, 0) is 7.05 Å². The molecule has 0 saturated heterocycles. The first-order valence-electron chi connectivity index (χ1n) is 4.87. The van der Waals surface area contributed by atoms with Crippen LogP contribution in [0, 0.1) is 6.92 Å². The van der Waals surface area contributed by atoms with Crippen molar-refractivity contribution in [2.45, 2.75) is 6.92 Å². The lowest BCUT2D eigenvalue weighted by Gasteiger charge is -2.02. The summed E-state index contributed by atoms with van der Waals surface area (Å²) in [6, 6.07) is 3.10. The number of amides is 1. The van der Waals surface area contributed by atoms with Gasteiger partial charge in [0.15, 0.2) is 5.82 Å². The molecule has 2 rings (SSSR count). The number of nitrogens with zero attached hydrogens (tertiary/aromatic N) is 4. The summed E-state index contributed by atoms with van der Waals surface area (Å²) in [6.07, 6.45) is 1.73. The third-order valence-corrected chi connectivity index (χ3v) is 2.19. The van der Waals surface area contributed by atoms with Gasteiger partial charge in [0, 0.05) is 25.4 Å². The van der Waals surface area contributed by atoms with E-state index in [1.807, 2.05) is 0 Å². The molecule has 0 aromatic carbocycles. The first-order chi connectivity index (χ1) is 8.04. The van der Waals surface area contributed by atoms with Gasteiger partial charge in [0.25, 0.3) is 5.91 Å². The maximum absolute atomic E-state index is 11.8. The van der Waals surface area contributed by atoms with Crippen LogP contribution in [0.15, 0.2) is 18.3 Å². The summed E-state index contributed by atoms with van der Waals surface area (Å²) in [5.41, 5.74) is 0.216. The van der Waals surface area contributed by atoms with Gasteiger partial charge in [-0.3, -0.25) is 9.48 Å². The molecular formula is C10H10ClN5O. The number of aromatic nitrogens is 4. The first-order valence-corrected chi connectivity index (χ1v) is 5.24. The van der Waals surface area contributed by atoms with Crippen molar-refractivity contribution < 1.29 is 4.79 Å². The van der Waals surface area contributed by atoms with Crippen LogP contribution in [-0.4, -0.2) is 25.7 Å². The quantitative estimate of drug-likeness (QED) is 0.820. The predicted octanol–water partition coefficient (Wildman–Crippen LogP) is 1.42. The Bertz CT molecular complexity index is 545. The second-order valence-electron chi connectivity index (χ2n) is 3.45. The monoisotopic (exact) mass is 251 g/mol. The van der Waals surface area contributed by atoms with Crippen LogP contribution in [0.25, 0.3) is 0 Å². The number of rotatable bonds is 2. The molecule has 7 heteroatoms. The summed E-state index contributed by atoms with van der Waals surface area (Å²) < 4.78 is 1.59. The van der Waals surface area contributed by atoms with Crippen molar-refractivity contribution in [2.24, 2.45) is 7.05 Å². The van der Waals surface area contributed by atoms with Gasteiger partial charge in [-0.25, -0.2) is 9.97 Å². The Morgan fingerprint density at radius 1 is 1.47 bits per heavy atom. The molecule has 0 atom stereocenters. The Morgan fingerprint density at radius 3 is 2.82 bits per heavy atom. The number of hydrogen-bond donors (Lipinski definition) is 1. The molecule has 0 bridgehead atoms. The first kappa shape index (κ1) is 11.5. The van der Waals surface area contributed by atoms with E-state index in [9.17, 15) is 4.79 Å². The molecule has 0 spiro atoms. The molecule has 0 radical (unpaired) electrons. The van der Waals surface area contributed by atoms with E-state index in [2.05, 4.69) is 20.4 Å². The minimum atomic E-state index is -0.365. The molecule has 2 aromatic heterocycles. The summed E-state index contributed by atoms with van der Waals surface area (Å²) in [7, 11) is 1.77. The van der Waals surface area contributed by atoms with E-state index < -0.39 is 0 Å². The normalized spacial score (nSPS) is 10.3. The summed E-state index contributed by atoms with van der Waals surface area (Å²) >= 11 is 5.75. The smallest absolute Gasteiger partial charge is 0.275 e. The molecule has 88 valence electrons. The fourth-order valence-electron chi connectivity index (χ4n) is 1.31. The van der Waals surface area contributed by atoms with Crippen LogP contribution in [0.1, 0.15) is 16.3 Å². The fourth-order valence-corrected chi connectivity index (χ4v) is 1.54. The summed E-state index contributed by atoms with van der Waals surface area (Å²) in [4.78, 5) is 19.7. The summed E-state index contributed by atoms with van der Waals surface area (Å²) in [6.45, 7) is 1.67. The number of carbonyl (C=O) groups excluding carboxylic acids is 1. The molecule has 0 aliphatic carbocycles. The van der Waals surface area contributed by atoms with Crippen LogP contribution < -0.4 is 5.32 Å². The van der Waals surface area contributed by atoms with Crippen molar-refractivity contribution in [3.63, 3.8) is 0 Å². The highest BCUT2D eigenvalue weighted by Crippen LogP contribution is 2.09. The number of anilines is 1. The third kappa shape index (κ3) is 2.79. The number of nitrogens with one attached hydrogen (secondary N) is 1. The number of hydrogen-bond acceptors (Lipinski definition) is 4. The van der Waals surface area contributed by atoms with Crippen molar-refractivity contribution in [3.05, 3.63) is 35.0 Å². The molecule has 0 saturated carbocycles. The number of aryl methyl sites for hydroxylation is 2. The van der Waals surface area contributed by atoms with Gasteiger partial charge in [0.1, 0.15) is 16.7 Å². The lowest BCUT2D eigenvalue weighted by atomic mass is 10.3. The molecule has 6 nitrogen and oxygen atoms in total. The van der Waals surface area contributed by atoms with Crippen LogP contribution in [0.5, 0.6) is 0 Å². The Kier molecular flexibility index (Phi) is 3.06. The molecule has 17 heavy (non-hydrogen) atoms. The summed E-state index contributed by atoms with van der Waals surface area (Å²) in [5, 5.41) is 6.88. The van der Waals surface area contributed by atoms with Gasteiger partial charge < -0.3 is 5.32 Å². The molecular weight excluding hydrogens is 242 g/mol. The standard InChI is InChI=1S/C10H10ClN5O/c1-6-12-7(5-8(11)13-6)10(17)14-9-3-4-16(2)15-9/h3-5H,1-2H3,(H,14,15,17). The average molecular weight is 252 g/mol. The van der Waals surface area contributed by atoms with Crippen LogP contribution >= 0.6 is 11.6 Å². The molecule has 2 aromatic rings. The zero-order valence-corrected chi connectivity index (χ0v) is 10.1. The summed E-state index contributed by atoms with van der Waals surface area (Å²) in [5.74, 6) is 0.546. The van der Waals surface area contributed by atoms with Gasteiger partial charge in [0.2, 0.25) is 0 Å². The van der Waals surface area contributed by atoms with E-state index in [0.29, 0.717) is 11.6 Å². The van der Waals surface area contributed by atoms with Gasteiger partial charge >= 0.3 is 0 Å². The highest BCUT2D eigenvalue weighted by Gasteiger charge is 2.11. The van der Waals surface area contributed by atoms with Crippen LogP contribution in [0.4, 0.5) is 5.82 Å². The van der Waals surface area contributed by atoms with Gasteiger partial charge in [-0.15, -0.1) is 0 Å². The maximum atomic E-state index is 11.8. The van der Waals surface area contributed by atoms with Crippen molar-refractivity contribution >= 4 is 23.3 Å². The number of halogens is 1. The Hall–Kier alpha value is -1.95. The second kappa shape index (κ2) is 4.50. The van der Waals surface area contributed by atoms with Crippen molar-refractivity contribution in [1.82, 2.24) is 19.7 Å². The zero-order valence-electron chi connectivity index (χ0n) is 9.31. The minimum absolute atomic E-state index is 0.216. The van der Waals surface area contributed by atoms with E-state index in [4.69, 9.17) is 11.6 Å². The van der Waals surface area contributed by atoms with E-state index in [1.54, 1.807) is 30.9 Å². The SMILES string of the molecule is Cc1nc(Cl)cc(C(=O)Nc2ccn(C)n2)n1. The fraction of sp³-hybridized carbons (Fsp3) is 0.200. The molecule has 0 aliphatic rings. The van der Waals surface area contributed by atoms with Gasteiger partial charge in [-0.2, -0.15) is 5.10 Å². The molecule has 1 amide bonds. The molecule has 1 N–H and O–H groups in total. The molecule has 2 heterocycles. The highest BCUT2D eigenvalue weighted by molar-refractivity contribution is 6.29. The Balaban J connectivity index is 2.19.